The molecule has 0 aliphatic carbocycles. The summed E-state index contributed by atoms with van der Waals surface area (Å²) in [6, 6.07) is 3.60. The van der Waals surface area contributed by atoms with Gasteiger partial charge >= 0.3 is 0 Å². The van der Waals surface area contributed by atoms with Gasteiger partial charge in [0.1, 0.15) is 11.9 Å². The van der Waals surface area contributed by atoms with Crippen molar-refractivity contribution in [1.82, 2.24) is 9.88 Å². The molecule has 4 heteroatoms. The highest BCUT2D eigenvalue weighted by Gasteiger charge is 2.16. The Bertz CT molecular complexity index is 365. The normalized spacial score (nSPS) is 12.0. The van der Waals surface area contributed by atoms with Gasteiger partial charge in [-0.25, -0.2) is 4.98 Å². The van der Waals surface area contributed by atoms with Crippen LogP contribution in [0.3, 0.4) is 0 Å². The molecule has 0 radical (unpaired) electrons. The third kappa shape index (κ3) is 3.22. The minimum Gasteiger partial charge on any atom is -0.359 e. The molecule has 0 aliphatic rings. The Balaban J connectivity index is 2.64. The number of rotatable bonds is 4. The second kappa shape index (κ2) is 5.49. The molecule has 1 aromatic rings. The fourth-order valence-electron chi connectivity index (χ4n) is 1.39. The molecule has 1 atom stereocenters. The van der Waals surface area contributed by atoms with E-state index >= 15 is 0 Å². The molecule has 0 saturated heterocycles. The van der Waals surface area contributed by atoms with Crippen molar-refractivity contribution >= 4 is 11.7 Å². The predicted molar refractivity (Wildman–Crippen MR) is 65.4 cm³/mol. The van der Waals surface area contributed by atoms with Gasteiger partial charge in [0.15, 0.2) is 0 Å². The second-order valence-corrected chi connectivity index (χ2v) is 3.94. The van der Waals surface area contributed by atoms with E-state index in [2.05, 4.69) is 10.3 Å². The first-order valence-corrected chi connectivity index (χ1v) is 5.48. The number of anilines is 1. The van der Waals surface area contributed by atoms with Crippen LogP contribution in [-0.4, -0.2) is 35.4 Å². The van der Waals surface area contributed by atoms with Crippen LogP contribution in [0.5, 0.6) is 0 Å². The van der Waals surface area contributed by atoms with Crippen LogP contribution in [0, 0.1) is 6.92 Å². The van der Waals surface area contributed by atoms with Crippen LogP contribution in [0.4, 0.5) is 5.82 Å². The summed E-state index contributed by atoms with van der Waals surface area (Å²) in [5.41, 5.74) is 1.13. The maximum absolute atomic E-state index is 11.8. The average Bonchev–Trinajstić information content (AvgIpc) is 2.27. The van der Waals surface area contributed by atoms with Gasteiger partial charge in [0.05, 0.1) is 0 Å². The van der Waals surface area contributed by atoms with E-state index in [-0.39, 0.29) is 11.9 Å². The molecule has 1 unspecified atom stereocenters. The summed E-state index contributed by atoms with van der Waals surface area (Å²) in [6.45, 7) is 6.51. The van der Waals surface area contributed by atoms with Crippen LogP contribution in [0.2, 0.25) is 0 Å². The number of nitrogens with zero attached hydrogens (tertiary/aromatic N) is 2. The minimum absolute atomic E-state index is 0.0748. The molecule has 88 valence electrons. The van der Waals surface area contributed by atoms with Gasteiger partial charge < -0.3 is 10.2 Å². The number of pyridine rings is 1. The fraction of sp³-hybridized carbons (Fsp3) is 0.500. The SMILES string of the molecule is CCN(C)C(=O)C(C)Nc1cc(C)ccn1. The molecule has 1 aromatic heterocycles. The van der Waals surface area contributed by atoms with E-state index in [1.807, 2.05) is 32.9 Å². The van der Waals surface area contributed by atoms with E-state index in [9.17, 15) is 4.79 Å². The van der Waals surface area contributed by atoms with E-state index in [0.717, 1.165) is 11.4 Å². The van der Waals surface area contributed by atoms with Gasteiger partial charge in [-0.1, -0.05) is 0 Å². The number of carbonyl (C=O) groups excluding carboxylic acids is 1. The van der Waals surface area contributed by atoms with Crippen molar-refractivity contribution in [2.75, 3.05) is 18.9 Å². The number of aromatic nitrogens is 1. The summed E-state index contributed by atoms with van der Waals surface area (Å²) in [4.78, 5) is 17.7. The third-order valence-electron chi connectivity index (χ3n) is 2.50. The van der Waals surface area contributed by atoms with E-state index in [1.165, 1.54) is 0 Å². The molecular weight excluding hydrogens is 202 g/mol. The van der Waals surface area contributed by atoms with Crippen molar-refractivity contribution in [3.05, 3.63) is 23.9 Å². The number of carbonyl (C=O) groups is 1. The van der Waals surface area contributed by atoms with Gasteiger partial charge in [-0.05, 0) is 38.5 Å². The largest absolute Gasteiger partial charge is 0.359 e. The zero-order chi connectivity index (χ0) is 12.1. The van der Waals surface area contributed by atoms with Crippen LogP contribution >= 0.6 is 0 Å². The molecule has 16 heavy (non-hydrogen) atoms. The van der Waals surface area contributed by atoms with Gasteiger partial charge in [-0.15, -0.1) is 0 Å². The maximum Gasteiger partial charge on any atom is 0.244 e. The lowest BCUT2D eigenvalue weighted by Gasteiger charge is -2.20. The molecule has 1 amide bonds. The molecule has 1 rings (SSSR count). The molecule has 0 saturated carbocycles. The molecule has 0 aliphatic heterocycles. The van der Waals surface area contributed by atoms with Crippen molar-refractivity contribution in [3.63, 3.8) is 0 Å². The fourth-order valence-corrected chi connectivity index (χ4v) is 1.39. The van der Waals surface area contributed by atoms with Crippen molar-refractivity contribution in [3.8, 4) is 0 Å². The molecule has 1 N–H and O–H groups in total. The number of likely N-dealkylation sites (N-methyl/N-ethyl adjacent to an activating group) is 1. The first-order chi connectivity index (χ1) is 7.54. The molecule has 0 fully saturated rings. The van der Waals surface area contributed by atoms with Gasteiger partial charge in [0, 0.05) is 19.8 Å². The third-order valence-corrected chi connectivity index (χ3v) is 2.50. The van der Waals surface area contributed by atoms with Crippen molar-refractivity contribution in [1.29, 1.82) is 0 Å². The van der Waals surface area contributed by atoms with Gasteiger partial charge in [0.2, 0.25) is 5.91 Å². The first kappa shape index (κ1) is 12.5. The molecule has 0 spiro atoms. The molecule has 1 heterocycles. The summed E-state index contributed by atoms with van der Waals surface area (Å²) in [7, 11) is 1.80. The van der Waals surface area contributed by atoms with E-state index in [0.29, 0.717) is 6.54 Å². The second-order valence-electron chi connectivity index (χ2n) is 3.94. The van der Waals surface area contributed by atoms with Crippen LogP contribution < -0.4 is 5.32 Å². The highest BCUT2D eigenvalue weighted by atomic mass is 16.2. The van der Waals surface area contributed by atoms with Crippen molar-refractivity contribution in [2.24, 2.45) is 0 Å². The molecular formula is C12H19N3O. The Morgan fingerprint density at radius 3 is 2.88 bits per heavy atom. The Hall–Kier alpha value is -1.58. The summed E-state index contributed by atoms with van der Waals surface area (Å²) in [5.74, 6) is 0.816. The summed E-state index contributed by atoms with van der Waals surface area (Å²) < 4.78 is 0. The van der Waals surface area contributed by atoms with E-state index < -0.39 is 0 Å². The summed E-state index contributed by atoms with van der Waals surface area (Å²) >= 11 is 0. The molecule has 0 bridgehead atoms. The predicted octanol–water partition coefficient (Wildman–Crippen LogP) is 1.67. The first-order valence-electron chi connectivity index (χ1n) is 5.48. The van der Waals surface area contributed by atoms with Crippen LogP contribution in [0.15, 0.2) is 18.3 Å². The standard InChI is InChI=1S/C12H19N3O/c1-5-15(4)12(16)10(3)14-11-8-9(2)6-7-13-11/h6-8,10H,5H2,1-4H3,(H,13,14). The Kier molecular flexibility index (Phi) is 4.28. The van der Waals surface area contributed by atoms with Crippen LogP contribution in [0.25, 0.3) is 0 Å². The average molecular weight is 221 g/mol. The van der Waals surface area contributed by atoms with Crippen molar-refractivity contribution in [2.45, 2.75) is 26.8 Å². The van der Waals surface area contributed by atoms with Crippen LogP contribution in [-0.2, 0) is 4.79 Å². The smallest absolute Gasteiger partial charge is 0.244 e. The molecule has 0 aromatic carbocycles. The number of hydrogen-bond acceptors (Lipinski definition) is 3. The maximum atomic E-state index is 11.8. The summed E-state index contributed by atoms with van der Waals surface area (Å²) in [5, 5.41) is 3.10. The van der Waals surface area contributed by atoms with Crippen molar-refractivity contribution < 1.29 is 4.79 Å². The zero-order valence-electron chi connectivity index (χ0n) is 10.3. The number of amides is 1. The van der Waals surface area contributed by atoms with E-state index in [1.54, 1.807) is 18.1 Å². The lowest BCUT2D eigenvalue weighted by Crippen LogP contribution is -2.39. The zero-order valence-corrected chi connectivity index (χ0v) is 10.3. The molecule has 4 nitrogen and oxygen atoms in total. The monoisotopic (exact) mass is 221 g/mol. The van der Waals surface area contributed by atoms with Gasteiger partial charge in [-0.3, -0.25) is 4.79 Å². The quantitative estimate of drug-likeness (QED) is 0.841. The Labute approximate surface area is 96.7 Å². The van der Waals surface area contributed by atoms with Gasteiger partial charge in [0.25, 0.3) is 0 Å². The van der Waals surface area contributed by atoms with Gasteiger partial charge in [-0.2, -0.15) is 0 Å². The Morgan fingerprint density at radius 2 is 2.31 bits per heavy atom. The number of nitrogens with one attached hydrogen (secondary N) is 1. The minimum atomic E-state index is -0.251. The Morgan fingerprint density at radius 1 is 1.62 bits per heavy atom. The lowest BCUT2D eigenvalue weighted by atomic mass is 10.2. The number of aryl methyl sites for hydroxylation is 1. The van der Waals surface area contributed by atoms with E-state index in [4.69, 9.17) is 0 Å². The highest BCUT2D eigenvalue weighted by Crippen LogP contribution is 2.07. The highest BCUT2D eigenvalue weighted by molar-refractivity contribution is 5.83. The number of hydrogen-bond donors (Lipinski definition) is 1. The van der Waals surface area contributed by atoms with Crippen LogP contribution in [0.1, 0.15) is 19.4 Å². The summed E-state index contributed by atoms with van der Waals surface area (Å²) in [6.07, 6.45) is 1.73. The topological polar surface area (TPSA) is 45.2 Å². The lowest BCUT2D eigenvalue weighted by molar-refractivity contribution is -0.130.